The maximum atomic E-state index is 12.6. The number of benzene rings is 3. The van der Waals surface area contributed by atoms with E-state index in [1.165, 1.54) is 4.90 Å². The van der Waals surface area contributed by atoms with E-state index in [0.717, 1.165) is 17.1 Å². The highest BCUT2D eigenvalue weighted by Crippen LogP contribution is 2.39. The van der Waals surface area contributed by atoms with Gasteiger partial charge in [-0.05, 0) is 48.5 Å². The van der Waals surface area contributed by atoms with Crippen LogP contribution in [-0.4, -0.2) is 39.6 Å². The lowest BCUT2D eigenvalue weighted by atomic mass is 10.1. The van der Waals surface area contributed by atoms with Gasteiger partial charge in [-0.25, -0.2) is 0 Å². The third-order valence-corrected chi connectivity index (χ3v) is 5.68. The number of ether oxygens (including phenoxy) is 4. The molecule has 0 saturated carbocycles. The Labute approximate surface area is 192 Å². The molecular formula is C25H27NO5S. The largest absolute Gasteiger partial charge is 0.493 e. The van der Waals surface area contributed by atoms with Crippen LogP contribution in [0.25, 0.3) is 0 Å². The summed E-state index contributed by atoms with van der Waals surface area (Å²) in [6.45, 7) is 0.877. The molecule has 1 amide bonds. The first kappa shape index (κ1) is 23.3. The van der Waals surface area contributed by atoms with Gasteiger partial charge in [0.05, 0.1) is 27.9 Å². The molecule has 0 aromatic heterocycles. The minimum atomic E-state index is -0.187. The Morgan fingerprint density at radius 2 is 1.56 bits per heavy atom. The van der Waals surface area contributed by atoms with Gasteiger partial charge < -0.3 is 24.3 Å². The molecule has 3 aromatic rings. The van der Waals surface area contributed by atoms with E-state index in [1.54, 1.807) is 63.4 Å². The molecule has 0 heterocycles. The first-order valence-electron chi connectivity index (χ1n) is 10.1. The highest BCUT2D eigenvalue weighted by molar-refractivity contribution is 7.99. The maximum absolute atomic E-state index is 12.6. The van der Waals surface area contributed by atoms with E-state index < -0.39 is 0 Å². The van der Waals surface area contributed by atoms with Crippen LogP contribution in [0, 0.1) is 0 Å². The van der Waals surface area contributed by atoms with E-state index in [1.807, 2.05) is 24.3 Å². The van der Waals surface area contributed by atoms with E-state index in [4.69, 9.17) is 18.9 Å². The summed E-state index contributed by atoms with van der Waals surface area (Å²) >= 11 is 1.74. The second kappa shape index (κ2) is 11.9. The summed E-state index contributed by atoms with van der Waals surface area (Å²) in [7, 11) is 4.67. The summed E-state index contributed by atoms with van der Waals surface area (Å²) in [5, 5.41) is 2.91. The molecule has 0 bridgehead atoms. The summed E-state index contributed by atoms with van der Waals surface area (Å²) in [4.78, 5) is 13.8. The Morgan fingerprint density at radius 3 is 2.22 bits per heavy atom. The number of rotatable bonds is 11. The summed E-state index contributed by atoms with van der Waals surface area (Å²) in [5.41, 5.74) is 1.34. The molecule has 0 aliphatic carbocycles. The second-order valence-electron chi connectivity index (χ2n) is 6.71. The Hall–Kier alpha value is -3.32. The van der Waals surface area contributed by atoms with Crippen LogP contribution in [0.4, 0.5) is 0 Å². The Balaban J connectivity index is 1.51. The molecule has 0 unspecified atom stereocenters. The number of amides is 1. The van der Waals surface area contributed by atoms with Crippen LogP contribution in [0.2, 0.25) is 0 Å². The van der Waals surface area contributed by atoms with Gasteiger partial charge >= 0.3 is 0 Å². The van der Waals surface area contributed by atoms with Crippen molar-refractivity contribution >= 4 is 17.7 Å². The SMILES string of the molecule is COc1ccc(CNC(=O)c2ccc(OCCSc3ccccc3)cc2)c(OC)c1OC. The van der Waals surface area contributed by atoms with Crippen molar-refractivity contribution < 1.29 is 23.7 Å². The molecule has 0 aliphatic heterocycles. The van der Waals surface area contributed by atoms with Crippen molar-refractivity contribution in [3.63, 3.8) is 0 Å². The van der Waals surface area contributed by atoms with Gasteiger partial charge in [0, 0.05) is 28.3 Å². The zero-order valence-corrected chi connectivity index (χ0v) is 19.2. The molecule has 0 saturated heterocycles. The summed E-state index contributed by atoms with van der Waals surface area (Å²) in [6, 6.07) is 20.9. The molecular weight excluding hydrogens is 426 g/mol. The lowest BCUT2D eigenvalue weighted by molar-refractivity contribution is 0.0950. The Bertz CT molecular complexity index is 1010. The second-order valence-corrected chi connectivity index (χ2v) is 7.88. The number of thioether (sulfide) groups is 1. The van der Waals surface area contributed by atoms with Gasteiger partial charge in [-0.1, -0.05) is 18.2 Å². The van der Waals surface area contributed by atoms with Gasteiger partial charge in [-0.2, -0.15) is 0 Å². The average Bonchev–Trinajstić information content (AvgIpc) is 2.85. The maximum Gasteiger partial charge on any atom is 0.251 e. The number of carbonyl (C=O) groups excluding carboxylic acids is 1. The van der Waals surface area contributed by atoms with Crippen LogP contribution in [0.3, 0.4) is 0 Å². The predicted molar refractivity (Wildman–Crippen MR) is 126 cm³/mol. The molecule has 0 radical (unpaired) electrons. The molecule has 0 spiro atoms. The quantitative estimate of drug-likeness (QED) is 0.332. The van der Waals surface area contributed by atoms with Crippen molar-refractivity contribution in [1.82, 2.24) is 5.32 Å². The number of nitrogens with one attached hydrogen (secondary N) is 1. The molecule has 168 valence electrons. The van der Waals surface area contributed by atoms with Crippen LogP contribution < -0.4 is 24.3 Å². The van der Waals surface area contributed by atoms with Crippen LogP contribution in [0.5, 0.6) is 23.0 Å². The lowest BCUT2D eigenvalue weighted by Gasteiger charge is -2.16. The van der Waals surface area contributed by atoms with Gasteiger partial charge in [-0.15, -0.1) is 11.8 Å². The molecule has 32 heavy (non-hydrogen) atoms. The van der Waals surface area contributed by atoms with Crippen molar-refractivity contribution in [3.05, 3.63) is 77.9 Å². The van der Waals surface area contributed by atoms with Crippen molar-refractivity contribution in [2.45, 2.75) is 11.4 Å². The number of hydrogen-bond donors (Lipinski definition) is 1. The number of carbonyl (C=O) groups is 1. The molecule has 7 heteroatoms. The Kier molecular flexibility index (Phi) is 8.69. The van der Waals surface area contributed by atoms with E-state index in [0.29, 0.717) is 29.4 Å². The zero-order chi connectivity index (χ0) is 22.8. The molecule has 1 N–H and O–H groups in total. The first-order valence-corrected chi connectivity index (χ1v) is 11.1. The van der Waals surface area contributed by atoms with E-state index >= 15 is 0 Å². The fourth-order valence-corrected chi connectivity index (χ4v) is 3.87. The molecule has 0 fully saturated rings. The third kappa shape index (κ3) is 6.11. The summed E-state index contributed by atoms with van der Waals surface area (Å²) < 4.78 is 21.9. The molecule has 0 atom stereocenters. The third-order valence-electron chi connectivity index (χ3n) is 4.71. The normalized spacial score (nSPS) is 10.3. The summed E-state index contributed by atoms with van der Waals surface area (Å²) in [5.74, 6) is 2.99. The highest BCUT2D eigenvalue weighted by atomic mass is 32.2. The predicted octanol–water partition coefficient (Wildman–Crippen LogP) is 4.81. The standard InChI is InChI=1S/C25H27NO5S/c1-28-22-14-11-19(23(29-2)24(22)30-3)17-26-25(27)18-9-12-20(13-10-18)31-15-16-32-21-7-5-4-6-8-21/h4-14H,15-17H2,1-3H3,(H,26,27). The van der Waals surface area contributed by atoms with Crippen molar-refractivity contribution in [2.75, 3.05) is 33.7 Å². The van der Waals surface area contributed by atoms with Crippen molar-refractivity contribution in [1.29, 1.82) is 0 Å². The van der Waals surface area contributed by atoms with Gasteiger partial charge in [-0.3, -0.25) is 4.79 Å². The smallest absolute Gasteiger partial charge is 0.251 e. The Morgan fingerprint density at radius 1 is 0.844 bits per heavy atom. The fraction of sp³-hybridized carbons (Fsp3) is 0.240. The van der Waals surface area contributed by atoms with Crippen molar-refractivity contribution in [3.8, 4) is 23.0 Å². The van der Waals surface area contributed by atoms with Gasteiger partial charge in [0.25, 0.3) is 5.91 Å². The van der Waals surface area contributed by atoms with E-state index in [2.05, 4.69) is 17.4 Å². The van der Waals surface area contributed by atoms with E-state index in [9.17, 15) is 4.79 Å². The monoisotopic (exact) mass is 453 g/mol. The zero-order valence-electron chi connectivity index (χ0n) is 18.4. The van der Waals surface area contributed by atoms with Crippen LogP contribution in [0.1, 0.15) is 15.9 Å². The molecule has 6 nitrogen and oxygen atoms in total. The van der Waals surface area contributed by atoms with Gasteiger partial charge in [0.1, 0.15) is 5.75 Å². The topological polar surface area (TPSA) is 66.0 Å². The highest BCUT2D eigenvalue weighted by Gasteiger charge is 2.16. The molecule has 0 aliphatic rings. The van der Waals surface area contributed by atoms with Crippen LogP contribution >= 0.6 is 11.8 Å². The van der Waals surface area contributed by atoms with Gasteiger partial charge in [0.15, 0.2) is 11.5 Å². The minimum absolute atomic E-state index is 0.187. The average molecular weight is 454 g/mol. The molecule has 3 rings (SSSR count). The fourth-order valence-electron chi connectivity index (χ4n) is 3.12. The molecule has 3 aromatic carbocycles. The lowest BCUT2D eigenvalue weighted by Crippen LogP contribution is -2.23. The van der Waals surface area contributed by atoms with Gasteiger partial charge in [0.2, 0.25) is 5.75 Å². The van der Waals surface area contributed by atoms with Crippen LogP contribution in [-0.2, 0) is 6.54 Å². The van der Waals surface area contributed by atoms with Crippen molar-refractivity contribution in [2.24, 2.45) is 0 Å². The van der Waals surface area contributed by atoms with Crippen LogP contribution in [0.15, 0.2) is 71.6 Å². The first-order chi connectivity index (χ1) is 15.7. The minimum Gasteiger partial charge on any atom is -0.493 e. The number of hydrogen-bond acceptors (Lipinski definition) is 6. The summed E-state index contributed by atoms with van der Waals surface area (Å²) in [6.07, 6.45) is 0. The number of methoxy groups -OCH3 is 3. The van der Waals surface area contributed by atoms with E-state index in [-0.39, 0.29) is 12.5 Å².